The van der Waals surface area contributed by atoms with E-state index in [1.807, 2.05) is 0 Å². The van der Waals surface area contributed by atoms with Gasteiger partial charge in [-0.2, -0.15) is 0 Å². The monoisotopic (exact) mass is 187 g/mol. The summed E-state index contributed by atoms with van der Waals surface area (Å²) >= 11 is 0. The molecule has 1 aliphatic carbocycles. The van der Waals surface area contributed by atoms with Gasteiger partial charge in [0.25, 0.3) is 0 Å². The largest absolute Gasteiger partial charge is 0.391 e. The van der Waals surface area contributed by atoms with Gasteiger partial charge in [0.05, 0.1) is 6.61 Å². The van der Waals surface area contributed by atoms with Crippen LogP contribution in [0.4, 0.5) is 4.39 Å². The molecule has 13 heavy (non-hydrogen) atoms. The number of alkyl halides is 1. The third kappa shape index (κ3) is 2.81. The van der Waals surface area contributed by atoms with Crippen LogP contribution < -0.4 is 5.32 Å². The van der Waals surface area contributed by atoms with Crippen LogP contribution in [0.3, 0.4) is 0 Å². The molecule has 1 aliphatic rings. The minimum Gasteiger partial charge on any atom is -0.391 e. The van der Waals surface area contributed by atoms with Crippen LogP contribution in [0.15, 0.2) is 12.2 Å². The van der Waals surface area contributed by atoms with Crippen LogP contribution in [0, 0.1) is 0 Å². The van der Waals surface area contributed by atoms with E-state index in [0.29, 0.717) is 19.3 Å². The van der Waals surface area contributed by atoms with Crippen LogP contribution in [0.25, 0.3) is 0 Å². The summed E-state index contributed by atoms with van der Waals surface area (Å²) in [6.45, 7) is 3.03. The van der Waals surface area contributed by atoms with E-state index in [-0.39, 0.29) is 24.1 Å². The molecule has 0 heterocycles. The Morgan fingerprint density at radius 3 is 2.77 bits per heavy atom. The zero-order valence-corrected chi connectivity index (χ0v) is 7.42. The Hall–Kier alpha value is -0.900. The third-order valence-corrected chi connectivity index (χ3v) is 2.22. The van der Waals surface area contributed by atoms with Gasteiger partial charge in [-0.05, 0) is 19.3 Å². The lowest BCUT2D eigenvalue weighted by Crippen LogP contribution is -2.34. The first-order chi connectivity index (χ1) is 6.13. The lowest BCUT2D eigenvalue weighted by molar-refractivity contribution is -0.118. The topological polar surface area (TPSA) is 49.3 Å². The van der Waals surface area contributed by atoms with Gasteiger partial charge >= 0.3 is 0 Å². The summed E-state index contributed by atoms with van der Waals surface area (Å²) in [7, 11) is 0. The molecule has 1 amide bonds. The summed E-state index contributed by atoms with van der Waals surface area (Å²) in [6.07, 6.45) is 0.764. The Labute approximate surface area is 76.6 Å². The average Bonchev–Trinajstić information content (AvgIpc) is 2.49. The fourth-order valence-electron chi connectivity index (χ4n) is 1.42. The second kappa shape index (κ2) is 4.37. The van der Waals surface area contributed by atoms with Gasteiger partial charge in [0.2, 0.25) is 5.91 Å². The van der Waals surface area contributed by atoms with E-state index in [0.717, 1.165) is 0 Å². The Morgan fingerprint density at radius 2 is 2.31 bits per heavy atom. The Balaban J connectivity index is 2.32. The van der Waals surface area contributed by atoms with E-state index in [2.05, 4.69) is 11.9 Å². The van der Waals surface area contributed by atoms with Gasteiger partial charge in [0, 0.05) is 11.6 Å². The van der Waals surface area contributed by atoms with Gasteiger partial charge in [-0.15, -0.1) is 0 Å². The van der Waals surface area contributed by atoms with Crippen molar-refractivity contribution in [2.24, 2.45) is 0 Å². The molecule has 3 nitrogen and oxygen atoms in total. The van der Waals surface area contributed by atoms with Crippen LogP contribution in [0.1, 0.15) is 19.3 Å². The molecular weight excluding hydrogens is 173 g/mol. The molecule has 2 unspecified atom stereocenters. The van der Waals surface area contributed by atoms with Crippen molar-refractivity contribution < 1.29 is 14.3 Å². The average molecular weight is 187 g/mol. The highest BCUT2D eigenvalue weighted by atomic mass is 19.1. The molecule has 0 aromatic carbocycles. The quantitative estimate of drug-likeness (QED) is 0.633. The molecule has 0 aromatic rings. The molecule has 2 atom stereocenters. The van der Waals surface area contributed by atoms with Crippen molar-refractivity contribution in [3.8, 4) is 0 Å². The highest BCUT2D eigenvalue weighted by Gasteiger charge is 2.25. The Bertz CT molecular complexity index is 218. The number of aliphatic hydroxyl groups is 1. The van der Waals surface area contributed by atoms with Gasteiger partial charge in [-0.1, -0.05) is 6.58 Å². The van der Waals surface area contributed by atoms with Gasteiger partial charge in [0.1, 0.15) is 6.17 Å². The van der Waals surface area contributed by atoms with Crippen LogP contribution in [-0.2, 0) is 4.79 Å². The van der Waals surface area contributed by atoms with E-state index < -0.39 is 6.17 Å². The molecule has 0 saturated heterocycles. The molecule has 0 bridgehead atoms. The fourth-order valence-corrected chi connectivity index (χ4v) is 1.42. The van der Waals surface area contributed by atoms with Crippen molar-refractivity contribution in [1.29, 1.82) is 0 Å². The van der Waals surface area contributed by atoms with E-state index in [4.69, 9.17) is 5.11 Å². The minimum atomic E-state index is -0.798. The van der Waals surface area contributed by atoms with Crippen LogP contribution in [-0.4, -0.2) is 29.8 Å². The highest BCUT2D eigenvalue weighted by molar-refractivity contribution is 5.93. The first-order valence-corrected chi connectivity index (χ1v) is 4.37. The lowest BCUT2D eigenvalue weighted by atomic mass is 10.2. The summed E-state index contributed by atoms with van der Waals surface area (Å²) in [6, 6.07) is -0.0919. The zero-order chi connectivity index (χ0) is 9.84. The maximum absolute atomic E-state index is 12.7. The molecule has 2 N–H and O–H groups in total. The second-order valence-corrected chi connectivity index (χ2v) is 3.34. The highest BCUT2D eigenvalue weighted by Crippen LogP contribution is 2.21. The SMILES string of the molecule is C=C(CO)C(=O)NC1CCC(F)C1. The maximum Gasteiger partial charge on any atom is 0.249 e. The van der Waals surface area contributed by atoms with Crippen LogP contribution in [0.5, 0.6) is 0 Å². The first kappa shape index (κ1) is 10.2. The number of carbonyl (C=O) groups is 1. The molecule has 0 spiro atoms. The molecule has 0 radical (unpaired) electrons. The first-order valence-electron chi connectivity index (χ1n) is 4.37. The van der Waals surface area contributed by atoms with Crippen LogP contribution >= 0.6 is 0 Å². The lowest BCUT2D eigenvalue weighted by Gasteiger charge is -2.11. The normalized spacial score (nSPS) is 27.2. The second-order valence-electron chi connectivity index (χ2n) is 3.34. The van der Waals surface area contributed by atoms with Gasteiger partial charge < -0.3 is 10.4 Å². The predicted octanol–water partition coefficient (Wildman–Crippen LogP) is 0.542. The predicted molar refractivity (Wildman–Crippen MR) is 46.9 cm³/mol. The molecule has 0 aromatic heterocycles. The van der Waals surface area contributed by atoms with Crippen molar-refractivity contribution in [3.05, 3.63) is 12.2 Å². The number of aliphatic hydroxyl groups excluding tert-OH is 1. The van der Waals surface area contributed by atoms with Gasteiger partial charge in [0.15, 0.2) is 0 Å². The molecule has 1 fully saturated rings. The number of halogens is 1. The summed E-state index contributed by atoms with van der Waals surface area (Å²) in [4.78, 5) is 11.1. The number of carbonyl (C=O) groups excluding carboxylic acids is 1. The smallest absolute Gasteiger partial charge is 0.249 e. The fraction of sp³-hybridized carbons (Fsp3) is 0.667. The van der Waals surface area contributed by atoms with Crippen molar-refractivity contribution >= 4 is 5.91 Å². The summed E-state index contributed by atoms with van der Waals surface area (Å²) in [5, 5.41) is 11.2. The van der Waals surface area contributed by atoms with Gasteiger partial charge in [-0.25, -0.2) is 4.39 Å². The Morgan fingerprint density at radius 1 is 1.62 bits per heavy atom. The molecule has 0 aliphatic heterocycles. The van der Waals surface area contributed by atoms with E-state index >= 15 is 0 Å². The maximum atomic E-state index is 12.7. The van der Waals surface area contributed by atoms with E-state index in [1.165, 1.54) is 0 Å². The molecule has 1 rings (SSSR count). The van der Waals surface area contributed by atoms with Crippen molar-refractivity contribution in [3.63, 3.8) is 0 Å². The number of hydrogen-bond acceptors (Lipinski definition) is 2. The molecule has 74 valence electrons. The van der Waals surface area contributed by atoms with Crippen LogP contribution in [0.2, 0.25) is 0 Å². The number of rotatable bonds is 3. The Kier molecular flexibility index (Phi) is 3.42. The summed E-state index contributed by atoms with van der Waals surface area (Å²) in [5.74, 6) is -0.374. The number of nitrogens with one attached hydrogen (secondary N) is 1. The molecular formula is C9H14FNO2. The third-order valence-electron chi connectivity index (χ3n) is 2.22. The zero-order valence-electron chi connectivity index (χ0n) is 7.42. The standard InChI is InChI=1S/C9H14FNO2/c1-6(5-12)9(13)11-8-3-2-7(10)4-8/h7-8,12H,1-5H2,(H,11,13). The van der Waals surface area contributed by atoms with E-state index in [1.54, 1.807) is 0 Å². The van der Waals surface area contributed by atoms with E-state index in [9.17, 15) is 9.18 Å². The number of hydrogen-bond donors (Lipinski definition) is 2. The van der Waals surface area contributed by atoms with Crippen molar-refractivity contribution in [1.82, 2.24) is 5.32 Å². The summed E-state index contributed by atoms with van der Waals surface area (Å²) < 4.78 is 12.7. The number of amides is 1. The van der Waals surface area contributed by atoms with Crippen molar-refractivity contribution in [2.75, 3.05) is 6.61 Å². The molecule has 4 heteroatoms. The minimum absolute atomic E-state index is 0.0919. The summed E-state index contributed by atoms with van der Waals surface area (Å²) in [5.41, 5.74) is 0.127. The molecule has 1 saturated carbocycles. The van der Waals surface area contributed by atoms with Gasteiger partial charge in [-0.3, -0.25) is 4.79 Å². The van der Waals surface area contributed by atoms with Crippen molar-refractivity contribution in [2.45, 2.75) is 31.5 Å².